The molecule has 68 valence electrons. The van der Waals surface area contributed by atoms with Gasteiger partial charge in [0.1, 0.15) is 0 Å². The molecule has 0 rings (SSSR count). The van der Waals surface area contributed by atoms with Gasteiger partial charge in [0.05, 0.1) is 0 Å². The predicted molar refractivity (Wildman–Crippen MR) is 60.5 cm³/mol. The van der Waals surface area contributed by atoms with Gasteiger partial charge < -0.3 is 0 Å². The zero-order chi connectivity index (χ0) is 8.74. The average molecular weight is 231 g/mol. The highest BCUT2D eigenvalue weighted by Crippen LogP contribution is 2.28. The Hall–Kier alpha value is 1.15. The smallest absolute Gasteiger partial charge is 0.179 e. The fourth-order valence-corrected chi connectivity index (χ4v) is 4.77. The molecule has 0 saturated heterocycles. The maximum absolute atomic E-state index is 6.16. The first-order valence-corrected chi connectivity index (χ1v) is 9.18. The van der Waals surface area contributed by atoms with Gasteiger partial charge in [-0.2, -0.15) is 12.6 Å². The number of hydrogen-bond donors (Lipinski definition) is 1. The Balaban J connectivity index is 3.43. The summed E-state index contributed by atoms with van der Waals surface area (Å²) in [7, 11) is 0. The number of unbranched alkanes of at least 4 members (excludes halogenated alkanes) is 1. The van der Waals surface area contributed by atoms with Crippen LogP contribution in [0.3, 0.4) is 0 Å². The summed E-state index contributed by atoms with van der Waals surface area (Å²) in [5.41, 5.74) is 0. The summed E-state index contributed by atoms with van der Waals surface area (Å²) in [6.45, 7) is 0.314. The summed E-state index contributed by atoms with van der Waals surface area (Å²) < 4.78 is 0. The first kappa shape index (κ1) is 12.1. The van der Waals surface area contributed by atoms with E-state index in [0.717, 1.165) is 24.3 Å². The van der Waals surface area contributed by atoms with E-state index in [4.69, 9.17) is 22.2 Å². The molecule has 0 aromatic carbocycles. The van der Waals surface area contributed by atoms with Crippen molar-refractivity contribution in [2.75, 3.05) is 5.75 Å². The predicted octanol–water partition coefficient (Wildman–Crippen LogP) is 4.03. The molecule has 0 bridgehead atoms. The number of hydrogen-bond acceptors (Lipinski definition) is 1. The van der Waals surface area contributed by atoms with Crippen molar-refractivity contribution in [2.24, 2.45) is 0 Å². The van der Waals surface area contributed by atoms with Gasteiger partial charge in [0.15, 0.2) is 0 Å². The molecule has 0 atom stereocenters. The van der Waals surface area contributed by atoms with Crippen LogP contribution >= 0.6 is 34.8 Å². The van der Waals surface area contributed by atoms with Gasteiger partial charge in [-0.15, -0.1) is 22.2 Å². The van der Waals surface area contributed by atoms with Gasteiger partial charge in [-0.3, -0.25) is 0 Å². The van der Waals surface area contributed by atoms with Crippen molar-refractivity contribution >= 4 is 41.5 Å². The summed E-state index contributed by atoms with van der Waals surface area (Å²) in [4.78, 5) is 0. The van der Waals surface area contributed by atoms with E-state index >= 15 is 0 Å². The van der Waals surface area contributed by atoms with Crippen LogP contribution in [0, 0.1) is 0 Å². The molecule has 0 N–H and O–H groups in total. The van der Waals surface area contributed by atoms with E-state index in [-0.39, 0.29) is 0 Å². The van der Waals surface area contributed by atoms with Crippen LogP contribution in [0.2, 0.25) is 12.1 Å². The van der Waals surface area contributed by atoms with Crippen LogP contribution in [-0.4, -0.2) is 12.4 Å². The maximum Gasteiger partial charge on any atom is 0.251 e. The second-order valence-corrected chi connectivity index (χ2v) is 10.9. The van der Waals surface area contributed by atoms with E-state index in [0.29, 0.717) is 0 Å². The third-order valence-corrected chi connectivity index (χ3v) is 6.35. The lowest BCUT2D eigenvalue weighted by Gasteiger charge is -2.14. The summed E-state index contributed by atoms with van der Waals surface area (Å²) >= 11 is 16.5. The number of halogens is 2. The number of thiol groups is 1. The second-order valence-electron chi connectivity index (χ2n) is 2.79. The van der Waals surface area contributed by atoms with E-state index in [1.165, 1.54) is 12.8 Å². The zero-order valence-corrected chi connectivity index (χ0v) is 10.4. The molecule has 4 heteroatoms. The molecule has 0 amide bonds. The highest BCUT2D eigenvalue weighted by Gasteiger charge is 2.26. The Labute approximate surface area is 85.5 Å². The maximum atomic E-state index is 6.16. The van der Waals surface area contributed by atoms with E-state index in [2.05, 4.69) is 19.6 Å². The summed E-state index contributed by atoms with van der Waals surface area (Å²) in [5, 5.41) is 0. The lowest BCUT2D eigenvalue weighted by Crippen LogP contribution is -2.18. The van der Waals surface area contributed by atoms with Crippen LogP contribution in [0.15, 0.2) is 0 Å². The van der Waals surface area contributed by atoms with E-state index in [1.807, 2.05) is 0 Å². The molecule has 0 aliphatic carbocycles. The van der Waals surface area contributed by atoms with Gasteiger partial charge in [0.2, 0.25) is 0 Å². The molecule has 0 fully saturated rings. The van der Waals surface area contributed by atoms with Crippen molar-refractivity contribution in [1.82, 2.24) is 0 Å². The Morgan fingerprint density at radius 2 is 1.73 bits per heavy atom. The fraction of sp³-hybridized carbons (Fsp3) is 1.00. The van der Waals surface area contributed by atoms with Crippen molar-refractivity contribution in [3.05, 3.63) is 0 Å². The SMILES string of the molecule is CCCC[Si](Cl)(Cl)CCCS. The molecule has 0 unspecified atom stereocenters. The summed E-state index contributed by atoms with van der Waals surface area (Å²) in [6, 6.07) is 2.04. The minimum absolute atomic E-state index is 0.903. The highest BCUT2D eigenvalue weighted by molar-refractivity contribution is 7.80. The molecular weight excluding hydrogens is 215 g/mol. The lowest BCUT2D eigenvalue weighted by atomic mass is 10.4. The molecule has 11 heavy (non-hydrogen) atoms. The molecule has 0 aliphatic heterocycles. The molecular formula is C7H16Cl2SSi. The van der Waals surface area contributed by atoms with Crippen LogP contribution < -0.4 is 0 Å². The Bertz CT molecular complexity index is 88.4. The molecule has 0 heterocycles. The van der Waals surface area contributed by atoms with Crippen LogP contribution in [0.4, 0.5) is 0 Å². The molecule has 0 aliphatic rings. The molecule has 0 radical (unpaired) electrons. The Morgan fingerprint density at radius 1 is 1.18 bits per heavy atom. The molecule has 0 aromatic rings. The average Bonchev–Trinajstić information content (AvgIpc) is 1.97. The van der Waals surface area contributed by atoms with Crippen molar-refractivity contribution in [3.63, 3.8) is 0 Å². The molecule has 0 nitrogen and oxygen atoms in total. The highest BCUT2D eigenvalue weighted by atomic mass is 35.7. The van der Waals surface area contributed by atoms with E-state index in [1.54, 1.807) is 0 Å². The standard InChI is InChI=1S/C7H16Cl2SSi/c1-2-3-6-11(8,9)7-4-5-10/h10H,2-7H2,1H3. The third-order valence-electron chi connectivity index (χ3n) is 1.60. The van der Waals surface area contributed by atoms with Gasteiger partial charge in [-0.25, -0.2) is 0 Å². The van der Waals surface area contributed by atoms with Gasteiger partial charge in [-0.05, 0) is 24.3 Å². The van der Waals surface area contributed by atoms with Gasteiger partial charge in [-0.1, -0.05) is 19.8 Å². The first-order chi connectivity index (χ1) is 5.12. The normalized spacial score (nSPS) is 12.0. The van der Waals surface area contributed by atoms with Crippen LogP contribution in [0.1, 0.15) is 26.2 Å². The minimum Gasteiger partial charge on any atom is -0.179 e. The van der Waals surface area contributed by atoms with Gasteiger partial charge in [0.25, 0.3) is 6.69 Å². The van der Waals surface area contributed by atoms with Crippen LogP contribution in [-0.2, 0) is 0 Å². The topological polar surface area (TPSA) is 0 Å². The van der Waals surface area contributed by atoms with E-state index < -0.39 is 6.69 Å². The molecule has 0 aromatic heterocycles. The summed E-state index contributed by atoms with van der Waals surface area (Å²) in [5.74, 6) is 0.903. The van der Waals surface area contributed by atoms with Gasteiger partial charge in [0, 0.05) is 0 Å². The van der Waals surface area contributed by atoms with Crippen molar-refractivity contribution in [2.45, 2.75) is 38.3 Å². The fourth-order valence-electron chi connectivity index (χ4n) is 0.898. The number of rotatable bonds is 6. The van der Waals surface area contributed by atoms with Crippen LogP contribution in [0.25, 0.3) is 0 Å². The van der Waals surface area contributed by atoms with E-state index in [9.17, 15) is 0 Å². The van der Waals surface area contributed by atoms with Crippen LogP contribution in [0.5, 0.6) is 0 Å². The third kappa shape index (κ3) is 7.51. The monoisotopic (exact) mass is 230 g/mol. The molecule has 0 spiro atoms. The Morgan fingerprint density at radius 3 is 2.18 bits per heavy atom. The lowest BCUT2D eigenvalue weighted by molar-refractivity contribution is 0.870. The van der Waals surface area contributed by atoms with Crippen molar-refractivity contribution in [3.8, 4) is 0 Å². The minimum atomic E-state index is -1.85. The van der Waals surface area contributed by atoms with Crippen molar-refractivity contribution in [1.29, 1.82) is 0 Å². The molecule has 0 saturated carbocycles. The Kier molecular flexibility index (Phi) is 7.33. The largest absolute Gasteiger partial charge is 0.251 e. The first-order valence-electron chi connectivity index (χ1n) is 4.11. The van der Waals surface area contributed by atoms with Crippen molar-refractivity contribution < 1.29 is 0 Å². The zero-order valence-electron chi connectivity index (χ0n) is 6.95. The quantitative estimate of drug-likeness (QED) is 0.398. The van der Waals surface area contributed by atoms with Gasteiger partial charge >= 0.3 is 0 Å². The summed E-state index contributed by atoms with van der Waals surface area (Å²) in [6.07, 6.45) is 3.42. The second kappa shape index (κ2) is 6.64.